The summed E-state index contributed by atoms with van der Waals surface area (Å²) in [6.07, 6.45) is 6.60. The maximum atomic E-state index is 12.2. The molecule has 0 bridgehead atoms. The molecule has 0 N–H and O–H groups in total. The minimum Gasteiger partial charge on any atom is -0.497 e. The lowest BCUT2D eigenvalue weighted by Gasteiger charge is -2.05. The number of rotatable bonds is 6. The van der Waals surface area contributed by atoms with E-state index in [2.05, 4.69) is 5.10 Å². The molecule has 5 nitrogen and oxygen atoms in total. The van der Waals surface area contributed by atoms with Gasteiger partial charge in [0.25, 0.3) is 0 Å². The quantitative estimate of drug-likeness (QED) is 0.606. The summed E-state index contributed by atoms with van der Waals surface area (Å²) in [5.74, 6) is 1.27. The van der Waals surface area contributed by atoms with Gasteiger partial charge in [0.15, 0.2) is 5.78 Å². The largest absolute Gasteiger partial charge is 0.497 e. The molecule has 2 rings (SSSR count). The Morgan fingerprint density at radius 1 is 1.18 bits per heavy atom. The van der Waals surface area contributed by atoms with Crippen LogP contribution in [0.3, 0.4) is 0 Å². The second-order valence-electron chi connectivity index (χ2n) is 5.15. The molecule has 116 valence electrons. The van der Waals surface area contributed by atoms with Gasteiger partial charge in [-0.05, 0) is 37.6 Å². The first-order valence-corrected chi connectivity index (χ1v) is 7.03. The number of hydrogen-bond donors (Lipinski definition) is 0. The third kappa shape index (κ3) is 3.75. The molecule has 0 amide bonds. The van der Waals surface area contributed by atoms with E-state index in [-0.39, 0.29) is 11.8 Å². The minimum atomic E-state index is -0.0892. The van der Waals surface area contributed by atoms with E-state index in [9.17, 15) is 4.79 Å². The van der Waals surface area contributed by atoms with Crippen LogP contribution in [0.2, 0.25) is 0 Å². The van der Waals surface area contributed by atoms with Crippen LogP contribution in [0, 0.1) is 0 Å². The van der Waals surface area contributed by atoms with E-state index in [1.54, 1.807) is 43.4 Å². The van der Waals surface area contributed by atoms with Gasteiger partial charge >= 0.3 is 0 Å². The highest BCUT2D eigenvalue weighted by Gasteiger charge is 2.07. The number of aromatic nitrogens is 2. The van der Waals surface area contributed by atoms with Crippen molar-refractivity contribution in [3.63, 3.8) is 0 Å². The fraction of sp³-hybridized carbons (Fsp3) is 0.294. The Bertz CT molecular complexity index is 665. The number of ether oxygens (including phenoxy) is 2. The van der Waals surface area contributed by atoms with E-state index < -0.39 is 0 Å². The average molecular weight is 300 g/mol. The predicted molar refractivity (Wildman–Crippen MR) is 85.5 cm³/mol. The number of nitrogens with zero attached hydrogens (tertiary/aromatic N) is 2. The van der Waals surface area contributed by atoms with Gasteiger partial charge in [-0.1, -0.05) is 6.08 Å². The standard InChI is InChI=1S/C17H20N2O3/c1-12(2)19-11-14(10-18-19)17(20)6-5-13-7-15(21-3)9-16(8-13)22-4/h5-12H,1-4H3. The second-order valence-corrected chi connectivity index (χ2v) is 5.15. The zero-order valence-electron chi connectivity index (χ0n) is 13.2. The van der Waals surface area contributed by atoms with Gasteiger partial charge in [0.1, 0.15) is 11.5 Å². The molecule has 2 aromatic rings. The Labute approximate surface area is 130 Å². The molecule has 0 aliphatic carbocycles. The Kier molecular flexibility index (Phi) is 4.99. The summed E-state index contributed by atoms with van der Waals surface area (Å²) in [6.45, 7) is 4.03. The van der Waals surface area contributed by atoms with Crippen molar-refractivity contribution in [1.82, 2.24) is 9.78 Å². The van der Waals surface area contributed by atoms with E-state index >= 15 is 0 Å². The average Bonchev–Trinajstić information content (AvgIpc) is 3.02. The SMILES string of the molecule is COc1cc(C=CC(=O)c2cnn(C(C)C)c2)cc(OC)c1. The lowest BCUT2D eigenvalue weighted by Crippen LogP contribution is -2.00. The van der Waals surface area contributed by atoms with Crippen molar-refractivity contribution in [1.29, 1.82) is 0 Å². The Balaban J connectivity index is 2.18. The number of carbonyl (C=O) groups excluding carboxylic acids is 1. The second kappa shape index (κ2) is 6.93. The predicted octanol–water partition coefficient (Wildman–Crippen LogP) is 3.38. The first-order valence-electron chi connectivity index (χ1n) is 7.03. The first-order chi connectivity index (χ1) is 10.5. The van der Waals surface area contributed by atoms with Gasteiger partial charge in [-0.25, -0.2) is 0 Å². The molecule has 0 aliphatic heterocycles. The molecule has 0 saturated carbocycles. The highest BCUT2D eigenvalue weighted by atomic mass is 16.5. The molecule has 0 atom stereocenters. The smallest absolute Gasteiger partial charge is 0.189 e. The third-order valence-electron chi connectivity index (χ3n) is 3.22. The molecular weight excluding hydrogens is 280 g/mol. The van der Waals surface area contributed by atoms with E-state index in [1.807, 2.05) is 26.0 Å². The molecule has 1 heterocycles. The molecule has 0 spiro atoms. The molecule has 0 radical (unpaired) electrons. The van der Waals surface area contributed by atoms with E-state index in [0.717, 1.165) is 5.56 Å². The van der Waals surface area contributed by atoms with E-state index in [4.69, 9.17) is 9.47 Å². The van der Waals surface area contributed by atoms with Crippen molar-refractivity contribution >= 4 is 11.9 Å². The monoisotopic (exact) mass is 300 g/mol. The van der Waals surface area contributed by atoms with E-state index in [0.29, 0.717) is 17.1 Å². The highest BCUT2D eigenvalue weighted by molar-refractivity contribution is 6.06. The van der Waals surface area contributed by atoms with Gasteiger partial charge in [-0.15, -0.1) is 0 Å². The van der Waals surface area contributed by atoms with Crippen LogP contribution >= 0.6 is 0 Å². The van der Waals surface area contributed by atoms with Crippen LogP contribution in [0.4, 0.5) is 0 Å². The number of benzene rings is 1. The van der Waals surface area contributed by atoms with E-state index in [1.165, 1.54) is 6.08 Å². The lowest BCUT2D eigenvalue weighted by molar-refractivity contribution is 0.104. The summed E-state index contributed by atoms with van der Waals surface area (Å²) in [4.78, 5) is 12.2. The fourth-order valence-electron chi connectivity index (χ4n) is 1.94. The summed E-state index contributed by atoms with van der Waals surface area (Å²) >= 11 is 0. The normalized spacial score (nSPS) is 11.1. The number of ketones is 1. The van der Waals surface area contributed by atoms with Crippen LogP contribution in [-0.4, -0.2) is 29.8 Å². The topological polar surface area (TPSA) is 53.3 Å². The van der Waals surface area contributed by atoms with Gasteiger partial charge in [0.2, 0.25) is 0 Å². The van der Waals surface area contributed by atoms with Crippen molar-refractivity contribution in [2.45, 2.75) is 19.9 Å². The maximum absolute atomic E-state index is 12.2. The highest BCUT2D eigenvalue weighted by Crippen LogP contribution is 2.23. The first kappa shape index (κ1) is 15.8. The van der Waals surface area contributed by atoms with Crippen LogP contribution in [0.5, 0.6) is 11.5 Å². The van der Waals surface area contributed by atoms with Gasteiger partial charge < -0.3 is 9.47 Å². The van der Waals surface area contributed by atoms with Crippen LogP contribution < -0.4 is 9.47 Å². The zero-order valence-corrected chi connectivity index (χ0v) is 13.2. The van der Waals surface area contributed by atoms with Crippen LogP contribution in [0.25, 0.3) is 6.08 Å². The van der Waals surface area contributed by atoms with Crippen molar-refractivity contribution < 1.29 is 14.3 Å². The number of hydrogen-bond acceptors (Lipinski definition) is 4. The van der Waals surface area contributed by atoms with Gasteiger partial charge in [-0.3, -0.25) is 9.48 Å². The third-order valence-corrected chi connectivity index (χ3v) is 3.22. The lowest BCUT2D eigenvalue weighted by atomic mass is 10.1. The Hall–Kier alpha value is -2.56. The Morgan fingerprint density at radius 2 is 1.82 bits per heavy atom. The van der Waals surface area contributed by atoms with Crippen molar-refractivity contribution in [2.75, 3.05) is 14.2 Å². The summed E-state index contributed by atoms with van der Waals surface area (Å²) < 4.78 is 12.2. The van der Waals surface area contributed by atoms with Gasteiger partial charge in [0, 0.05) is 18.3 Å². The summed E-state index contributed by atoms with van der Waals surface area (Å²) in [7, 11) is 3.18. The van der Waals surface area contributed by atoms with Crippen LogP contribution in [0.1, 0.15) is 35.8 Å². The molecule has 0 saturated heterocycles. The fourth-order valence-corrected chi connectivity index (χ4v) is 1.94. The van der Waals surface area contributed by atoms with Gasteiger partial charge in [0.05, 0.1) is 26.0 Å². The van der Waals surface area contributed by atoms with Crippen molar-refractivity contribution in [3.05, 3.63) is 47.8 Å². The number of carbonyl (C=O) groups is 1. The molecule has 22 heavy (non-hydrogen) atoms. The molecule has 1 aromatic heterocycles. The number of methoxy groups -OCH3 is 2. The molecule has 0 unspecified atom stereocenters. The zero-order chi connectivity index (χ0) is 16.1. The molecular formula is C17H20N2O3. The molecule has 0 aliphatic rings. The Morgan fingerprint density at radius 3 is 2.32 bits per heavy atom. The number of allylic oxidation sites excluding steroid dienone is 1. The van der Waals surface area contributed by atoms with Crippen LogP contribution in [-0.2, 0) is 0 Å². The van der Waals surface area contributed by atoms with Gasteiger partial charge in [-0.2, -0.15) is 5.10 Å². The summed E-state index contributed by atoms with van der Waals surface area (Å²) in [5, 5.41) is 4.17. The van der Waals surface area contributed by atoms with Crippen molar-refractivity contribution in [2.24, 2.45) is 0 Å². The molecule has 0 fully saturated rings. The molecule has 1 aromatic carbocycles. The summed E-state index contributed by atoms with van der Waals surface area (Å²) in [6, 6.07) is 5.69. The summed E-state index contributed by atoms with van der Waals surface area (Å²) in [5.41, 5.74) is 1.40. The maximum Gasteiger partial charge on any atom is 0.189 e. The van der Waals surface area contributed by atoms with Crippen molar-refractivity contribution in [3.8, 4) is 11.5 Å². The van der Waals surface area contributed by atoms with Crippen LogP contribution in [0.15, 0.2) is 36.7 Å². The molecule has 5 heteroatoms. The minimum absolute atomic E-state index is 0.0892.